The molecule has 9 nitrogen and oxygen atoms in total. The second-order valence-corrected chi connectivity index (χ2v) is 33.7. The third-order valence-electron chi connectivity index (χ3n) is 26.5. The van der Waals surface area contributed by atoms with Gasteiger partial charge in [-0.3, -0.25) is 0 Å². The van der Waals surface area contributed by atoms with Gasteiger partial charge in [0.05, 0.1) is 67.2 Å². The van der Waals surface area contributed by atoms with Crippen LogP contribution in [0.25, 0.3) is 82.5 Å². The van der Waals surface area contributed by atoms with Crippen LogP contribution in [-0.2, 0) is 0 Å². The van der Waals surface area contributed by atoms with Gasteiger partial charge in [0.25, 0.3) is 20.1 Å². The molecule has 9 heterocycles. The number of para-hydroxylation sites is 8. The molecule has 0 amide bonds. The standard InChI is InChI=1S/C105H76B3N7O2/c1-58-42-61(4)103(62(5)43-58)113-90-56-82-78(106-76-32-16-24-40-96(76)116-98-52-67(48-83(109-82)100(98)106)110-84-34-18-10-26-70(84)71-27-11-19-35-85(71)110)54-79(90)108-81-55-80-91(57-92(81)114(104-63(6)44-59(2)45-64(104)7)94-50-68(49-93(113)101(94)108)111-86-36-20-12-28-72(86)73-29-13-21-37-87(73)111)115(105-65(8)46-60(3)47-66(105)9)95-51-69(53-99-102(95)107(80)77-33-17-25-41-97(77)117-99)112-88-38-22-14-30-74(88)75-31-15-23-39-89(75)112/h10-57,109H,1-9H3. The lowest BCUT2D eigenvalue weighted by molar-refractivity contribution is 0.487. The summed E-state index contributed by atoms with van der Waals surface area (Å²) in [5.41, 5.74) is 43.8. The fourth-order valence-electron chi connectivity index (χ4n) is 22.5. The molecule has 0 fully saturated rings. The number of hydrogen-bond donors (Lipinski definition) is 1. The van der Waals surface area contributed by atoms with Gasteiger partial charge < -0.3 is 43.2 Å². The molecule has 6 aliphatic heterocycles. The highest BCUT2D eigenvalue weighted by Gasteiger charge is 2.51. The zero-order chi connectivity index (χ0) is 78.0. The van der Waals surface area contributed by atoms with E-state index >= 15 is 0 Å². The first-order valence-electron chi connectivity index (χ1n) is 41.0. The number of ether oxygens (including phenoxy) is 2. The van der Waals surface area contributed by atoms with E-state index in [0.29, 0.717) is 0 Å². The summed E-state index contributed by atoms with van der Waals surface area (Å²) >= 11 is 0. The van der Waals surface area contributed by atoms with Crippen molar-refractivity contribution in [2.45, 2.75) is 62.3 Å². The van der Waals surface area contributed by atoms with Gasteiger partial charge in [-0.1, -0.05) is 211 Å². The number of rotatable bonds is 6. The summed E-state index contributed by atoms with van der Waals surface area (Å²) in [6.45, 7) is 19.9. The first-order valence-corrected chi connectivity index (χ1v) is 41.0. The minimum absolute atomic E-state index is 0.208. The van der Waals surface area contributed by atoms with Crippen LogP contribution in [0, 0.1) is 62.3 Å². The van der Waals surface area contributed by atoms with E-state index in [1.807, 2.05) is 0 Å². The number of hydrogen-bond acceptors (Lipinski definition) is 6. The molecule has 552 valence electrons. The summed E-state index contributed by atoms with van der Waals surface area (Å²) < 4.78 is 22.3. The minimum Gasteiger partial charge on any atom is -0.458 e. The van der Waals surface area contributed by atoms with Crippen LogP contribution in [0.1, 0.15) is 50.1 Å². The number of aryl methyl sites for hydroxylation is 9. The molecule has 25 rings (SSSR count). The Morgan fingerprint density at radius 1 is 0.231 bits per heavy atom. The zero-order valence-electron chi connectivity index (χ0n) is 66.4. The summed E-state index contributed by atoms with van der Waals surface area (Å²) in [4.78, 5) is 8.06. The third-order valence-corrected chi connectivity index (χ3v) is 26.5. The second-order valence-electron chi connectivity index (χ2n) is 33.7. The van der Waals surface area contributed by atoms with Gasteiger partial charge in [0.1, 0.15) is 23.0 Å². The van der Waals surface area contributed by atoms with Crippen LogP contribution in [0.3, 0.4) is 0 Å². The van der Waals surface area contributed by atoms with Gasteiger partial charge in [0.2, 0.25) is 0 Å². The lowest BCUT2D eigenvalue weighted by atomic mass is 9.29. The Morgan fingerprint density at radius 2 is 0.530 bits per heavy atom. The van der Waals surface area contributed by atoms with E-state index in [1.54, 1.807) is 0 Å². The van der Waals surface area contributed by atoms with E-state index in [1.165, 1.54) is 115 Å². The molecule has 16 aromatic carbocycles. The Balaban J connectivity index is 0.827. The van der Waals surface area contributed by atoms with Crippen molar-refractivity contribution in [3.8, 4) is 40.1 Å². The Hall–Kier alpha value is -14.1. The Labute approximate surface area is 679 Å². The monoisotopic (exact) mass is 1500 g/mol. The summed E-state index contributed by atoms with van der Waals surface area (Å²) in [7, 11) is 0. The predicted molar refractivity (Wildman–Crippen MR) is 493 cm³/mol. The van der Waals surface area contributed by atoms with Crippen LogP contribution in [0.2, 0.25) is 0 Å². The highest BCUT2D eigenvalue weighted by atomic mass is 16.5. The van der Waals surface area contributed by atoms with Crippen molar-refractivity contribution >= 4 is 197 Å². The molecule has 0 spiro atoms. The first kappa shape index (κ1) is 66.4. The third kappa shape index (κ3) is 9.12. The van der Waals surface area contributed by atoms with Crippen LogP contribution < -0.4 is 78.7 Å². The van der Waals surface area contributed by atoms with Crippen molar-refractivity contribution in [2.75, 3.05) is 20.0 Å². The van der Waals surface area contributed by atoms with Crippen molar-refractivity contribution in [3.05, 3.63) is 341 Å². The lowest BCUT2D eigenvalue weighted by Gasteiger charge is -2.48. The minimum atomic E-state index is -0.342. The number of anilines is 11. The van der Waals surface area contributed by atoms with E-state index in [0.717, 1.165) is 152 Å². The summed E-state index contributed by atoms with van der Waals surface area (Å²) in [5, 5.41) is 11.5. The van der Waals surface area contributed by atoms with Gasteiger partial charge in [0, 0.05) is 89.9 Å². The fraction of sp³-hybridized carbons (Fsp3) is 0.0857. The Bertz CT molecular complexity index is 7520. The highest BCUT2D eigenvalue weighted by molar-refractivity contribution is 7.04. The fourth-order valence-corrected chi connectivity index (χ4v) is 22.5. The van der Waals surface area contributed by atoms with Gasteiger partial charge in [0.15, 0.2) is 0 Å². The number of fused-ring (bicyclic) bond motifs is 21. The van der Waals surface area contributed by atoms with Crippen molar-refractivity contribution in [1.29, 1.82) is 0 Å². The van der Waals surface area contributed by atoms with E-state index in [2.05, 4.69) is 387 Å². The number of benzene rings is 16. The molecule has 3 aromatic heterocycles. The maximum Gasteiger partial charge on any atom is 0.256 e. The zero-order valence-corrected chi connectivity index (χ0v) is 66.4. The van der Waals surface area contributed by atoms with Crippen molar-refractivity contribution in [2.24, 2.45) is 0 Å². The van der Waals surface area contributed by atoms with Gasteiger partial charge in [-0.2, -0.15) is 0 Å². The molecule has 117 heavy (non-hydrogen) atoms. The Morgan fingerprint density at radius 3 is 0.923 bits per heavy atom. The predicted octanol–water partition coefficient (Wildman–Crippen LogP) is 20.9. The SMILES string of the molecule is Cc1cc(C)c(N2c3cc4c(cc3B3c5ccccc5Oc5cc(-n6c7ccccc7c7ccccc76)cc2c53)B2c3cc5c(cc3N(c3c(C)cc(C)cc3C)c3cc(-n6c7ccccc7c7ccccc76)cc(c32)N4c2c(C)cc(C)cc2C)Nc2cc(-n3c4ccccc4c4ccccc43)cc3c2B5c2ccccc2O3)c(C)c1. The normalized spacial score (nSPS) is 13.6. The highest BCUT2D eigenvalue weighted by Crippen LogP contribution is 2.54. The molecule has 1 N–H and O–H groups in total. The van der Waals surface area contributed by atoms with Crippen LogP contribution in [-0.4, -0.2) is 33.8 Å². The Kier molecular flexibility index (Phi) is 13.6. The topological polar surface area (TPSA) is 55.0 Å². The number of nitrogens with one attached hydrogen (secondary N) is 1. The average Bonchev–Trinajstić information content (AvgIpc) is 1.07. The molecule has 0 saturated heterocycles. The van der Waals surface area contributed by atoms with Crippen LogP contribution in [0.4, 0.5) is 62.6 Å². The maximum atomic E-state index is 7.55. The summed E-state index contributed by atoms with van der Waals surface area (Å²) in [6.07, 6.45) is 0. The molecule has 0 radical (unpaired) electrons. The summed E-state index contributed by atoms with van der Waals surface area (Å²) in [6, 6.07) is 110. The molecule has 12 heteroatoms. The van der Waals surface area contributed by atoms with E-state index in [-0.39, 0.29) is 20.1 Å². The van der Waals surface area contributed by atoms with Crippen LogP contribution in [0.15, 0.2) is 291 Å². The van der Waals surface area contributed by atoms with Gasteiger partial charge in [-0.25, -0.2) is 0 Å². The number of nitrogens with zero attached hydrogens (tertiary/aromatic N) is 6. The van der Waals surface area contributed by atoms with Crippen molar-refractivity contribution in [1.82, 2.24) is 13.7 Å². The van der Waals surface area contributed by atoms with Gasteiger partial charge in [-0.05, 0) is 230 Å². The van der Waals surface area contributed by atoms with Crippen molar-refractivity contribution in [3.63, 3.8) is 0 Å². The summed E-state index contributed by atoms with van der Waals surface area (Å²) in [5.74, 6) is 3.41. The second kappa shape index (κ2) is 24.0. The van der Waals surface area contributed by atoms with Crippen LogP contribution in [0.5, 0.6) is 23.0 Å². The molecule has 0 atom stereocenters. The average molecular weight is 1500 g/mol. The largest absolute Gasteiger partial charge is 0.458 e. The van der Waals surface area contributed by atoms with Crippen LogP contribution >= 0.6 is 0 Å². The van der Waals surface area contributed by atoms with E-state index in [9.17, 15) is 0 Å². The smallest absolute Gasteiger partial charge is 0.256 e. The van der Waals surface area contributed by atoms with E-state index in [4.69, 9.17) is 9.47 Å². The maximum absolute atomic E-state index is 7.55. The molecule has 19 aromatic rings. The van der Waals surface area contributed by atoms with E-state index < -0.39 is 0 Å². The quantitative estimate of drug-likeness (QED) is 0.167. The van der Waals surface area contributed by atoms with Crippen molar-refractivity contribution < 1.29 is 9.47 Å². The molecular weight excluding hydrogens is 1420 g/mol. The molecule has 0 saturated carbocycles. The first-order chi connectivity index (χ1) is 57.2. The van der Waals surface area contributed by atoms with Gasteiger partial charge in [-0.15, -0.1) is 0 Å². The lowest BCUT2D eigenvalue weighted by Crippen LogP contribution is -2.66. The molecular formula is C105H76B3N7O2. The molecule has 0 bridgehead atoms. The number of aromatic nitrogens is 3. The molecule has 6 aliphatic rings. The van der Waals surface area contributed by atoms with Gasteiger partial charge >= 0.3 is 0 Å². The molecule has 0 aliphatic carbocycles. The molecule has 0 unspecified atom stereocenters.